The molecule has 9 aromatic carbocycles. The normalized spacial score (nSPS) is 14.8. The zero-order chi connectivity index (χ0) is 44.2. The molecule has 0 bridgehead atoms. The van der Waals surface area contributed by atoms with Crippen molar-refractivity contribution in [1.29, 1.82) is 0 Å². The molecule has 0 heterocycles. The third-order valence-corrected chi connectivity index (χ3v) is 14.4. The monoisotopic (exact) mass is 846 g/mol. The average molecular weight is 847 g/mol. The lowest BCUT2D eigenvalue weighted by molar-refractivity contribution is 0.660. The molecule has 0 aromatic heterocycles. The predicted octanol–water partition coefficient (Wildman–Crippen LogP) is 17.1. The van der Waals surface area contributed by atoms with Gasteiger partial charge in [-0.15, -0.1) is 0 Å². The summed E-state index contributed by atoms with van der Waals surface area (Å²) in [5, 5.41) is 0. The van der Waals surface area contributed by atoms with Crippen LogP contribution in [0, 0.1) is 0 Å². The van der Waals surface area contributed by atoms with Gasteiger partial charge in [-0.3, -0.25) is 0 Å². The zero-order valence-corrected chi connectivity index (χ0v) is 37.4. The van der Waals surface area contributed by atoms with Crippen molar-refractivity contribution in [3.63, 3.8) is 0 Å². The molecule has 0 aliphatic heterocycles. The first-order valence-electron chi connectivity index (χ1n) is 23.3. The second-order valence-electron chi connectivity index (χ2n) is 18.4. The Balaban J connectivity index is 0.973. The lowest BCUT2D eigenvalue weighted by atomic mass is 9.66. The molecule has 3 aliphatic carbocycles. The lowest BCUT2D eigenvalue weighted by Crippen LogP contribution is -2.29. The van der Waals surface area contributed by atoms with E-state index in [2.05, 4.69) is 266 Å². The van der Waals surface area contributed by atoms with Gasteiger partial charge in [0.15, 0.2) is 0 Å². The van der Waals surface area contributed by atoms with Gasteiger partial charge in [-0.2, -0.15) is 0 Å². The molecule has 0 saturated carbocycles. The first kappa shape index (κ1) is 39.6. The van der Waals surface area contributed by atoms with Crippen LogP contribution in [0.5, 0.6) is 0 Å². The molecule has 0 amide bonds. The van der Waals surface area contributed by atoms with Crippen LogP contribution in [0.15, 0.2) is 248 Å². The van der Waals surface area contributed by atoms with Crippen LogP contribution >= 0.6 is 0 Å². The van der Waals surface area contributed by atoms with Crippen LogP contribution in [0.4, 0.5) is 34.1 Å². The summed E-state index contributed by atoms with van der Waals surface area (Å²) in [4.78, 5) is 4.85. The molecule has 0 saturated heterocycles. The van der Waals surface area contributed by atoms with E-state index in [1.807, 2.05) is 0 Å². The van der Waals surface area contributed by atoms with E-state index in [-0.39, 0.29) is 5.41 Å². The number of hydrogen-bond acceptors (Lipinski definition) is 2. The second-order valence-corrected chi connectivity index (χ2v) is 18.4. The topological polar surface area (TPSA) is 6.48 Å². The first-order chi connectivity index (χ1) is 32.5. The van der Waals surface area contributed by atoms with Crippen LogP contribution in [0.1, 0.15) is 60.1 Å². The molecule has 3 aliphatic rings. The van der Waals surface area contributed by atoms with Crippen molar-refractivity contribution < 1.29 is 0 Å². The molecule has 316 valence electrons. The molecule has 2 heteroatoms. The number of para-hydroxylation sites is 2. The van der Waals surface area contributed by atoms with Crippen LogP contribution in [-0.4, -0.2) is 0 Å². The third kappa shape index (κ3) is 6.31. The van der Waals surface area contributed by atoms with E-state index in [0.717, 1.165) is 47.0 Å². The highest BCUT2D eigenvalue weighted by molar-refractivity contribution is 5.92. The molecular formula is C64H50N2. The number of nitrogens with zero attached hydrogens (tertiary/aromatic N) is 2. The molecule has 0 spiro atoms. The van der Waals surface area contributed by atoms with E-state index < -0.39 is 5.41 Å². The van der Waals surface area contributed by atoms with Gasteiger partial charge in [0.2, 0.25) is 0 Å². The van der Waals surface area contributed by atoms with E-state index in [0.29, 0.717) is 0 Å². The summed E-state index contributed by atoms with van der Waals surface area (Å²) in [6.45, 7) is 4.79. The molecular weight excluding hydrogens is 797 g/mol. The molecule has 12 rings (SSSR count). The number of benzene rings is 9. The number of rotatable bonds is 9. The van der Waals surface area contributed by atoms with E-state index in [1.165, 1.54) is 66.8 Å². The number of hydrogen-bond donors (Lipinski definition) is 0. The Morgan fingerprint density at radius 1 is 0.364 bits per heavy atom. The van der Waals surface area contributed by atoms with Crippen molar-refractivity contribution >= 4 is 39.7 Å². The van der Waals surface area contributed by atoms with Crippen LogP contribution in [0.2, 0.25) is 0 Å². The number of anilines is 6. The van der Waals surface area contributed by atoms with E-state index in [4.69, 9.17) is 0 Å². The van der Waals surface area contributed by atoms with Crippen LogP contribution < -0.4 is 9.80 Å². The Kier molecular flexibility index (Phi) is 9.57. The average Bonchev–Trinajstić information content (AvgIpc) is 3.80. The maximum Gasteiger partial charge on any atom is 0.0710 e. The Labute approximate surface area is 389 Å². The minimum Gasteiger partial charge on any atom is -0.310 e. The van der Waals surface area contributed by atoms with Crippen molar-refractivity contribution in [3.05, 3.63) is 282 Å². The molecule has 0 radical (unpaired) electrons. The summed E-state index contributed by atoms with van der Waals surface area (Å²) in [6, 6.07) is 85.0. The van der Waals surface area contributed by atoms with Gasteiger partial charge in [-0.25, -0.2) is 0 Å². The molecule has 66 heavy (non-hydrogen) atoms. The van der Waals surface area contributed by atoms with E-state index in [1.54, 1.807) is 0 Å². The quantitative estimate of drug-likeness (QED) is 0.143. The van der Waals surface area contributed by atoms with Crippen LogP contribution in [0.3, 0.4) is 0 Å². The van der Waals surface area contributed by atoms with Crippen LogP contribution in [0.25, 0.3) is 27.8 Å². The van der Waals surface area contributed by atoms with Gasteiger partial charge >= 0.3 is 0 Å². The fraction of sp³-hybridized carbons (Fsp3) is 0.0938. The van der Waals surface area contributed by atoms with Gasteiger partial charge in [0.05, 0.1) is 5.41 Å². The van der Waals surface area contributed by atoms with Crippen molar-refractivity contribution in [3.8, 4) is 22.3 Å². The summed E-state index contributed by atoms with van der Waals surface area (Å²) in [6.07, 6.45) is 6.88. The van der Waals surface area contributed by atoms with Gasteiger partial charge in [-0.05, 0) is 152 Å². The maximum atomic E-state index is 2.50. The highest BCUT2D eigenvalue weighted by atomic mass is 15.1. The molecule has 0 atom stereocenters. The van der Waals surface area contributed by atoms with Crippen molar-refractivity contribution in [2.75, 3.05) is 9.80 Å². The number of allylic oxidation sites excluding steroid dienone is 4. The predicted molar refractivity (Wildman–Crippen MR) is 277 cm³/mol. The first-order valence-corrected chi connectivity index (χ1v) is 23.3. The smallest absolute Gasteiger partial charge is 0.0710 e. The summed E-state index contributed by atoms with van der Waals surface area (Å²) < 4.78 is 0. The minimum atomic E-state index is -0.445. The Bertz CT molecular complexity index is 3260. The standard InChI is InChI=1S/C64H50N2/c1-63(2)60-42-52(65(49-26-14-6-15-27-49)51-34-32-46(33-35-51)45-20-8-3-9-21-45)36-39-56(60)57-40-37-53(43-61(57)63)66(50-28-16-7-17-29-50)54-38-41-58-55-30-18-19-31-59(55)64(62(58)44-54,47-22-10-4-11-23-47)48-24-12-5-13-25-48/h3-17,19-29,31-44H,18,30H2,1-2H3. The van der Waals surface area contributed by atoms with Crippen molar-refractivity contribution in [2.45, 2.75) is 37.5 Å². The Morgan fingerprint density at radius 3 is 1.27 bits per heavy atom. The summed E-state index contributed by atoms with van der Waals surface area (Å²) >= 11 is 0. The van der Waals surface area contributed by atoms with E-state index >= 15 is 0 Å². The second kappa shape index (κ2) is 15.9. The minimum absolute atomic E-state index is 0.262. The maximum absolute atomic E-state index is 2.50. The molecule has 0 fully saturated rings. The third-order valence-electron chi connectivity index (χ3n) is 14.4. The molecule has 2 nitrogen and oxygen atoms in total. The van der Waals surface area contributed by atoms with Crippen molar-refractivity contribution in [1.82, 2.24) is 0 Å². The fourth-order valence-corrected chi connectivity index (χ4v) is 11.3. The highest BCUT2D eigenvalue weighted by Crippen LogP contribution is 2.59. The fourth-order valence-electron chi connectivity index (χ4n) is 11.3. The Morgan fingerprint density at radius 2 is 0.758 bits per heavy atom. The summed E-state index contributed by atoms with van der Waals surface area (Å²) in [5.74, 6) is 0. The molecule has 9 aromatic rings. The largest absolute Gasteiger partial charge is 0.310 e. The van der Waals surface area contributed by atoms with Gasteiger partial charge in [-0.1, -0.05) is 184 Å². The van der Waals surface area contributed by atoms with Gasteiger partial charge in [0.1, 0.15) is 0 Å². The SMILES string of the molecule is CC1(C)c2cc(N(c3ccccc3)c3ccc(-c4ccccc4)cc3)ccc2-c2ccc(N(c3ccccc3)c3ccc4c(c3)C(c3ccccc3)(c3ccccc3)C3=C4CCC=C3)cc21. The van der Waals surface area contributed by atoms with Gasteiger partial charge in [0.25, 0.3) is 0 Å². The number of fused-ring (bicyclic) bond motifs is 5. The van der Waals surface area contributed by atoms with Crippen molar-refractivity contribution in [2.24, 2.45) is 0 Å². The van der Waals surface area contributed by atoms with Gasteiger partial charge < -0.3 is 9.80 Å². The summed E-state index contributed by atoms with van der Waals surface area (Å²) in [7, 11) is 0. The highest BCUT2D eigenvalue weighted by Gasteiger charge is 2.47. The molecule has 0 N–H and O–H groups in total. The van der Waals surface area contributed by atoms with Gasteiger partial charge in [0, 0.05) is 39.5 Å². The summed E-state index contributed by atoms with van der Waals surface area (Å²) in [5.41, 5.74) is 21.9. The zero-order valence-electron chi connectivity index (χ0n) is 37.4. The lowest BCUT2D eigenvalue weighted by Gasteiger charge is -2.36. The Hall–Kier alpha value is -7.94. The molecule has 0 unspecified atom stereocenters. The van der Waals surface area contributed by atoms with Crippen LogP contribution in [-0.2, 0) is 10.8 Å². The van der Waals surface area contributed by atoms with E-state index in [9.17, 15) is 0 Å².